The van der Waals surface area contributed by atoms with Crippen LogP contribution >= 0.6 is 0 Å². The Morgan fingerprint density at radius 2 is 1.79 bits per heavy atom. The van der Waals surface area contributed by atoms with Gasteiger partial charge < -0.3 is 15.1 Å². The second-order valence-corrected chi connectivity index (χ2v) is 7.24. The zero-order chi connectivity index (χ0) is 20.2. The van der Waals surface area contributed by atoms with Crippen LogP contribution in [0.2, 0.25) is 0 Å². The highest BCUT2D eigenvalue weighted by molar-refractivity contribution is 6.06. The monoisotopic (exact) mass is 392 g/mol. The Bertz CT molecular complexity index is 905. The molecule has 1 aromatic heterocycles. The standard InChI is InChI=1S/C21H24N6O2/c1-15-5-7-16(8-6-15)23-20(29)17-14-19(28)25-21(24-17)27-12-10-26(11-13-27)18-4-2-3-9-22-18/h2-9,17H,10-14H2,1H3,(H,23,29)(H,24,25,28). The predicted octanol–water partition coefficient (Wildman–Crippen LogP) is 1.40. The van der Waals surface area contributed by atoms with E-state index < -0.39 is 6.04 Å². The number of carbonyl (C=O) groups excluding carboxylic acids is 2. The summed E-state index contributed by atoms with van der Waals surface area (Å²) in [6.07, 6.45) is 1.83. The summed E-state index contributed by atoms with van der Waals surface area (Å²) >= 11 is 0. The minimum absolute atomic E-state index is 0.0507. The third-order valence-corrected chi connectivity index (χ3v) is 5.08. The van der Waals surface area contributed by atoms with E-state index in [0.29, 0.717) is 24.7 Å². The van der Waals surface area contributed by atoms with Crippen molar-refractivity contribution in [3.8, 4) is 0 Å². The Kier molecular flexibility index (Phi) is 5.41. The maximum Gasteiger partial charge on any atom is 0.249 e. The largest absolute Gasteiger partial charge is 0.353 e. The van der Waals surface area contributed by atoms with Crippen molar-refractivity contribution in [2.24, 2.45) is 4.99 Å². The molecule has 8 nitrogen and oxygen atoms in total. The van der Waals surface area contributed by atoms with Gasteiger partial charge in [0.05, 0.1) is 6.42 Å². The molecule has 2 aromatic rings. The molecule has 1 fully saturated rings. The van der Waals surface area contributed by atoms with Gasteiger partial charge in [0.2, 0.25) is 17.8 Å². The number of guanidine groups is 1. The maximum atomic E-state index is 12.6. The molecule has 3 heterocycles. The van der Waals surface area contributed by atoms with Crippen molar-refractivity contribution in [3.63, 3.8) is 0 Å². The molecule has 2 aliphatic rings. The molecular weight excluding hydrogens is 368 g/mol. The maximum absolute atomic E-state index is 12.6. The van der Waals surface area contributed by atoms with Gasteiger partial charge in [0.25, 0.3) is 0 Å². The van der Waals surface area contributed by atoms with E-state index in [1.807, 2.05) is 54.3 Å². The van der Waals surface area contributed by atoms with Gasteiger partial charge in [0, 0.05) is 38.1 Å². The molecule has 2 amide bonds. The smallest absolute Gasteiger partial charge is 0.249 e. The molecule has 0 radical (unpaired) electrons. The van der Waals surface area contributed by atoms with Crippen molar-refractivity contribution in [2.45, 2.75) is 19.4 Å². The number of amides is 2. The molecule has 150 valence electrons. The molecule has 1 saturated heterocycles. The van der Waals surface area contributed by atoms with Crippen molar-refractivity contribution in [1.29, 1.82) is 0 Å². The summed E-state index contributed by atoms with van der Waals surface area (Å²) in [5, 5.41) is 5.67. The van der Waals surface area contributed by atoms with Crippen LogP contribution in [0.15, 0.2) is 53.7 Å². The van der Waals surface area contributed by atoms with E-state index in [1.54, 1.807) is 6.20 Å². The second kappa shape index (κ2) is 8.30. The number of carbonyl (C=O) groups is 2. The van der Waals surface area contributed by atoms with Gasteiger partial charge in [-0.15, -0.1) is 0 Å². The highest BCUT2D eigenvalue weighted by Gasteiger charge is 2.30. The molecule has 0 saturated carbocycles. The number of benzene rings is 1. The van der Waals surface area contributed by atoms with Crippen molar-refractivity contribution in [3.05, 3.63) is 54.2 Å². The summed E-state index contributed by atoms with van der Waals surface area (Å²) in [5.74, 6) is 0.961. The van der Waals surface area contributed by atoms with Crippen LogP contribution in [-0.4, -0.2) is 59.9 Å². The van der Waals surface area contributed by atoms with E-state index in [4.69, 9.17) is 0 Å². The third kappa shape index (κ3) is 4.53. The summed E-state index contributed by atoms with van der Waals surface area (Å²) < 4.78 is 0. The molecule has 8 heteroatoms. The van der Waals surface area contributed by atoms with Crippen LogP contribution in [0.1, 0.15) is 12.0 Å². The van der Waals surface area contributed by atoms with Gasteiger partial charge in [-0.3, -0.25) is 14.9 Å². The number of rotatable bonds is 3. The number of aromatic nitrogens is 1. The fourth-order valence-corrected chi connectivity index (χ4v) is 3.44. The van der Waals surface area contributed by atoms with Gasteiger partial charge in [0.15, 0.2) is 0 Å². The normalized spacial score (nSPS) is 19.4. The molecule has 0 spiro atoms. The molecule has 2 aliphatic heterocycles. The summed E-state index contributed by atoms with van der Waals surface area (Å²) in [6.45, 7) is 4.92. The van der Waals surface area contributed by atoms with Crippen LogP contribution < -0.4 is 15.5 Å². The Labute approximate surface area is 169 Å². The van der Waals surface area contributed by atoms with Gasteiger partial charge in [-0.25, -0.2) is 9.98 Å². The number of pyridine rings is 1. The third-order valence-electron chi connectivity index (χ3n) is 5.08. The lowest BCUT2D eigenvalue weighted by Gasteiger charge is -2.38. The Morgan fingerprint density at radius 1 is 1.07 bits per heavy atom. The predicted molar refractivity (Wildman–Crippen MR) is 112 cm³/mol. The van der Waals surface area contributed by atoms with Crippen molar-refractivity contribution < 1.29 is 9.59 Å². The van der Waals surface area contributed by atoms with Gasteiger partial charge in [-0.1, -0.05) is 23.8 Å². The number of aryl methyl sites for hydroxylation is 1. The van der Waals surface area contributed by atoms with Crippen LogP contribution in [0.4, 0.5) is 11.5 Å². The van der Waals surface area contributed by atoms with E-state index in [0.717, 1.165) is 24.5 Å². The Hall–Kier alpha value is -3.42. The fraction of sp³-hybridized carbons (Fsp3) is 0.333. The van der Waals surface area contributed by atoms with E-state index in [-0.39, 0.29) is 18.2 Å². The Balaban J connectivity index is 1.40. The van der Waals surface area contributed by atoms with E-state index in [1.165, 1.54) is 0 Å². The number of aliphatic imine (C=N–C) groups is 1. The Morgan fingerprint density at radius 3 is 2.48 bits per heavy atom. The molecule has 2 N–H and O–H groups in total. The van der Waals surface area contributed by atoms with Gasteiger partial charge >= 0.3 is 0 Å². The lowest BCUT2D eigenvalue weighted by Crippen LogP contribution is -2.56. The minimum Gasteiger partial charge on any atom is -0.353 e. The average molecular weight is 392 g/mol. The van der Waals surface area contributed by atoms with Crippen LogP contribution in [0, 0.1) is 6.92 Å². The number of piperazine rings is 1. The molecule has 29 heavy (non-hydrogen) atoms. The number of hydrogen-bond donors (Lipinski definition) is 2. The van der Waals surface area contributed by atoms with Crippen LogP contribution in [-0.2, 0) is 9.59 Å². The SMILES string of the molecule is Cc1ccc(NC(=O)C2CC(=O)NC(N3CCN(c4ccccn4)CC3)=N2)cc1. The quantitative estimate of drug-likeness (QED) is 0.824. The first kappa shape index (κ1) is 18.9. The first-order valence-corrected chi connectivity index (χ1v) is 9.74. The van der Waals surface area contributed by atoms with Gasteiger partial charge in [0.1, 0.15) is 11.9 Å². The molecule has 4 rings (SSSR count). The molecular formula is C21H24N6O2. The van der Waals surface area contributed by atoms with E-state index >= 15 is 0 Å². The topological polar surface area (TPSA) is 89.9 Å². The van der Waals surface area contributed by atoms with Crippen LogP contribution in [0.25, 0.3) is 0 Å². The van der Waals surface area contributed by atoms with Crippen molar-refractivity contribution in [2.75, 3.05) is 36.4 Å². The molecule has 0 aliphatic carbocycles. The summed E-state index contributed by atoms with van der Waals surface area (Å²) in [4.78, 5) is 38.0. The average Bonchev–Trinajstić information content (AvgIpc) is 2.75. The number of nitrogens with zero attached hydrogens (tertiary/aromatic N) is 4. The van der Waals surface area contributed by atoms with E-state index in [9.17, 15) is 9.59 Å². The highest BCUT2D eigenvalue weighted by atomic mass is 16.2. The number of anilines is 2. The summed E-state index contributed by atoms with van der Waals surface area (Å²) in [5.41, 5.74) is 1.82. The molecule has 1 atom stereocenters. The highest BCUT2D eigenvalue weighted by Crippen LogP contribution is 2.16. The molecule has 0 bridgehead atoms. The van der Waals surface area contributed by atoms with Crippen molar-refractivity contribution in [1.82, 2.24) is 15.2 Å². The number of hydrogen-bond acceptors (Lipinski definition) is 6. The molecule has 1 aromatic carbocycles. The van der Waals surface area contributed by atoms with Crippen LogP contribution in [0.5, 0.6) is 0 Å². The summed E-state index contributed by atoms with van der Waals surface area (Å²) in [7, 11) is 0. The lowest BCUT2D eigenvalue weighted by molar-refractivity contribution is -0.125. The molecule has 1 unspecified atom stereocenters. The first-order valence-electron chi connectivity index (χ1n) is 9.74. The number of nitrogens with one attached hydrogen (secondary N) is 2. The summed E-state index contributed by atoms with van der Waals surface area (Å²) in [6, 6.07) is 12.7. The minimum atomic E-state index is -0.728. The second-order valence-electron chi connectivity index (χ2n) is 7.24. The fourth-order valence-electron chi connectivity index (χ4n) is 3.44. The van der Waals surface area contributed by atoms with Crippen molar-refractivity contribution >= 4 is 29.3 Å². The zero-order valence-electron chi connectivity index (χ0n) is 16.3. The van der Waals surface area contributed by atoms with E-state index in [2.05, 4.69) is 25.5 Å². The van der Waals surface area contributed by atoms with Gasteiger partial charge in [-0.2, -0.15) is 0 Å². The lowest BCUT2D eigenvalue weighted by atomic mass is 10.1. The van der Waals surface area contributed by atoms with Crippen LogP contribution in [0.3, 0.4) is 0 Å². The first-order chi connectivity index (χ1) is 14.1. The zero-order valence-corrected chi connectivity index (χ0v) is 16.3. The van der Waals surface area contributed by atoms with Gasteiger partial charge in [-0.05, 0) is 31.2 Å².